The summed E-state index contributed by atoms with van der Waals surface area (Å²) in [4.78, 5) is 30.7. The van der Waals surface area contributed by atoms with Gasteiger partial charge in [0, 0.05) is 38.8 Å². The van der Waals surface area contributed by atoms with Gasteiger partial charge in [-0.3, -0.25) is 14.9 Å². The molecule has 2 aliphatic heterocycles. The molecule has 2 aliphatic rings. The molecule has 2 saturated heterocycles. The summed E-state index contributed by atoms with van der Waals surface area (Å²) in [7, 11) is 0. The Morgan fingerprint density at radius 2 is 2.08 bits per heavy atom. The zero-order valence-corrected chi connectivity index (χ0v) is 14.9. The zero-order chi connectivity index (χ0) is 17.9. The normalized spacial score (nSPS) is 21.9. The zero-order valence-electron chi connectivity index (χ0n) is 14.9. The van der Waals surface area contributed by atoms with Crippen molar-refractivity contribution in [2.45, 2.75) is 31.6 Å². The molecular weight excluding hydrogens is 330 g/mol. The molecule has 138 valence electrons. The number of rotatable bonds is 5. The Hall–Kier alpha value is -2.25. The third kappa shape index (κ3) is 3.50. The van der Waals surface area contributed by atoms with Crippen molar-refractivity contribution in [3.63, 3.8) is 0 Å². The van der Waals surface area contributed by atoms with E-state index in [0.717, 1.165) is 56.9 Å². The first-order valence-corrected chi connectivity index (χ1v) is 9.44. The molecule has 7 nitrogen and oxygen atoms in total. The second kappa shape index (κ2) is 7.55. The number of aryl methyl sites for hydroxylation is 1. The third-order valence-corrected chi connectivity index (χ3v) is 5.37. The number of piperazine rings is 1. The highest BCUT2D eigenvalue weighted by molar-refractivity contribution is 6.00. The summed E-state index contributed by atoms with van der Waals surface area (Å²) in [5.74, 6) is -0.709. The number of hydrogen-bond acceptors (Lipinski definition) is 5. The Labute approximate surface area is 152 Å². The molecule has 0 radical (unpaired) electrons. The average Bonchev–Trinajstić information content (AvgIpc) is 3.07. The second-order valence-electron chi connectivity index (χ2n) is 7.11. The van der Waals surface area contributed by atoms with Crippen molar-refractivity contribution >= 4 is 17.5 Å². The standard InChI is InChI=1S/C19H25N5O2/c25-17-6-5-15(19(26)22-17)16-13-21-18-14(4-2-10-24(16)18)3-1-9-23-11-7-20-8-12-23/h2,4,10,13,15,20H,1,3,5-9,11-12H2,(H,22,25,26). The molecule has 2 N–H and O–H groups in total. The first-order chi connectivity index (χ1) is 12.7. The first-order valence-electron chi connectivity index (χ1n) is 9.44. The molecule has 2 aromatic heterocycles. The van der Waals surface area contributed by atoms with Crippen LogP contribution in [-0.2, 0) is 16.0 Å². The van der Waals surface area contributed by atoms with Crippen LogP contribution in [0.5, 0.6) is 0 Å². The lowest BCUT2D eigenvalue weighted by molar-refractivity contribution is -0.134. The number of pyridine rings is 1. The van der Waals surface area contributed by atoms with E-state index in [0.29, 0.717) is 12.8 Å². The monoisotopic (exact) mass is 355 g/mol. The molecule has 0 saturated carbocycles. The predicted molar refractivity (Wildman–Crippen MR) is 97.9 cm³/mol. The Kier molecular flexibility index (Phi) is 4.99. The van der Waals surface area contributed by atoms with E-state index in [1.54, 1.807) is 6.20 Å². The molecule has 26 heavy (non-hydrogen) atoms. The van der Waals surface area contributed by atoms with Crippen LogP contribution < -0.4 is 10.6 Å². The smallest absolute Gasteiger partial charge is 0.235 e. The van der Waals surface area contributed by atoms with Gasteiger partial charge in [-0.15, -0.1) is 0 Å². The highest BCUT2D eigenvalue weighted by Crippen LogP contribution is 2.26. The van der Waals surface area contributed by atoms with Gasteiger partial charge in [-0.1, -0.05) is 6.07 Å². The Balaban J connectivity index is 1.48. The molecular formula is C19H25N5O2. The van der Waals surface area contributed by atoms with E-state index in [2.05, 4.69) is 26.6 Å². The largest absolute Gasteiger partial charge is 0.314 e. The van der Waals surface area contributed by atoms with Crippen LogP contribution in [0.4, 0.5) is 0 Å². The summed E-state index contributed by atoms with van der Waals surface area (Å²) in [6.45, 7) is 5.49. The van der Waals surface area contributed by atoms with Crippen molar-refractivity contribution in [2.24, 2.45) is 0 Å². The maximum absolute atomic E-state index is 12.2. The van der Waals surface area contributed by atoms with Gasteiger partial charge in [0.15, 0.2) is 0 Å². The van der Waals surface area contributed by atoms with Crippen LogP contribution >= 0.6 is 0 Å². The molecule has 7 heteroatoms. The van der Waals surface area contributed by atoms with E-state index in [4.69, 9.17) is 0 Å². The molecule has 2 amide bonds. The average molecular weight is 355 g/mol. The minimum absolute atomic E-state index is 0.186. The highest BCUT2D eigenvalue weighted by atomic mass is 16.2. The van der Waals surface area contributed by atoms with Gasteiger partial charge in [0.05, 0.1) is 17.8 Å². The van der Waals surface area contributed by atoms with Gasteiger partial charge in [-0.25, -0.2) is 4.98 Å². The fourth-order valence-electron chi connectivity index (χ4n) is 3.94. The molecule has 1 unspecified atom stereocenters. The van der Waals surface area contributed by atoms with Crippen LogP contribution in [0.3, 0.4) is 0 Å². The number of carbonyl (C=O) groups is 2. The summed E-state index contributed by atoms with van der Waals surface area (Å²) in [5, 5.41) is 5.82. The van der Waals surface area contributed by atoms with Gasteiger partial charge in [-0.2, -0.15) is 0 Å². The van der Waals surface area contributed by atoms with Crippen LogP contribution in [0.2, 0.25) is 0 Å². The summed E-state index contributed by atoms with van der Waals surface area (Å²) in [6, 6.07) is 4.14. The van der Waals surface area contributed by atoms with Crippen LogP contribution in [0.25, 0.3) is 5.65 Å². The molecule has 4 heterocycles. The number of nitrogens with one attached hydrogen (secondary N) is 2. The molecule has 0 spiro atoms. The Bertz CT molecular complexity index is 809. The van der Waals surface area contributed by atoms with Crippen LogP contribution in [0.15, 0.2) is 24.5 Å². The lowest BCUT2D eigenvalue weighted by Crippen LogP contribution is -2.43. The topological polar surface area (TPSA) is 78.7 Å². The van der Waals surface area contributed by atoms with Crippen LogP contribution in [0, 0.1) is 0 Å². The number of piperidine rings is 1. The predicted octanol–water partition coefficient (Wildman–Crippen LogP) is 0.692. The lowest BCUT2D eigenvalue weighted by Gasteiger charge is -2.27. The molecule has 0 bridgehead atoms. The molecule has 1 atom stereocenters. The highest BCUT2D eigenvalue weighted by Gasteiger charge is 2.30. The summed E-state index contributed by atoms with van der Waals surface area (Å²) in [5.41, 5.74) is 3.00. The van der Waals surface area contributed by atoms with Crippen molar-refractivity contribution in [3.8, 4) is 0 Å². The number of aromatic nitrogens is 2. The summed E-state index contributed by atoms with van der Waals surface area (Å²) >= 11 is 0. The molecule has 0 aliphatic carbocycles. The fraction of sp³-hybridized carbons (Fsp3) is 0.526. The lowest BCUT2D eigenvalue weighted by atomic mass is 9.95. The third-order valence-electron chi connectivity index (χ3n) is 5.37. The van der Waals surface area contributed by atoms with E-state index < -0.39 is 0 Å². The first kappa shape index (κ1) is 17.2. The van der Waals surface area contributed by atoms with Crippen molar-refractivity contribution in [2.75, 3.05) is 32.7 Å². The van der Waals surface area contributed by atoms with E-state index >= 15 is 0 Å². The fourth-order valence-corrected chi connectivity index (χ4v) is 3.94. The molecule has 2 aromatic rings. The Morgan fingerprint density at radius 1 is 1.23 bits per heavy atom. The van der Waals surface area contributed by atoms with Gasteiger partial charge < -0.3 is 14.6 Å². The van der Waals surface area contributed by atoms with Crippen molar-refractivity contribution in [3.05, 3.63) is 35.8 Å². The molecule has 4 rings (SSSR count). The van der Waals surface area contributed by atoms with Crippen LogP contribution in [-0.4, -0.2) is 58.8 Å². The number of fused-ring (bicyclic) bond motifs is 1. The van der Waals surface area contributed by atoms with E-state index in [-0.39, 0.29) is 17.7 Å². The SMILES string of the molecule is O=C1CCC(c2cnc3c(CCCN4CCNCC4)cccn23)C(=O)N1. The van der Waals surface area contributed by atoms with Gasteiger partial charge in [0.25, 0.3) is 0 Å². The van der Waals surface area contributed by atoms with Crippen LogP contribution in [0.1, 0.15) is 36.4 Å². The molecule has 2 fully saturated rings. The quantitative estimate of drug-likeness (QED) is 0.772. The second-order valence-corrected chi connectivity index (χ2v) is 7.11. The minimum Gasteiger partial charge on any atom is -0.314 e. The number of hydrogen-bond donors (Lipinski definition) is 2. The van der Waals surface area contributed by atoms with E-state index in [9.17, 15) is 9.59 Å². The number of amides is 2. The number of imidazole rings is 1. The summed E-state index contributed by atoms with van der Waals surface area (Å²) in [6.07, 6.45) is 6.75. The Morgan fingerprint density at radius 3 is 2.88 bits per heavy atom. The van der Waals surface area contributed by atoms with Crippen molar-refractivity contribution < 1.29 is 9.59 Å². The maximum atomic E-state index is 12.2. The van der Waals surface area contributed by atoms with Gasteiger partial charge in [0.1, 0.15) is 5.65 Å². The van der Waals surface area contributed by atoms with Crippen molar-refractivity contribution in [1.29, 1.82) is 0 Å². The van der Waals surface area contributed by atoms with Crippen molar-refractivity contribution in [1.82, 2.24) is 24.9 Å². The number of imide groups is 1. The number of nitrogens with zero attached hydrogens (tertiary/aromatic N) is 3. The van der Waals surface area contributed by atoms with Gasteiger partial charge in [-0.05, 0) is 37.4 Å². The maximum Gasteiger partial charge on any atom is 0.235 e. The molecule has 0 aromatic carbocycles. The van der Waals surface area contributed by atoms with Gasteiger partial charge >= 0.3 is 0 Å². The van der Waals surface area contributed by atoms with Gasteiger partial charge in [0.2, 0.25) is 11.8 Å². The van der Waals surface area contributed by atoms with E-state index in [1.807, 2.05) is 16.7 Å². The van der Waals surface area contributed by atoms with E-state index in [1.165, 1.54) is 5.56 Å². The summed E-state index contributed by atoms with van der Waals surface area (Å²) < 4.78 is 2.01. The number of carbonyl (C=O) groups excluding carboxylic acids is 2. The minimum atomic E-state index is -0.307.